The minimum absolute atomic E-state index is 0.0231. The Balaban J connectivity index is 2.19. The normalized spacial score (nSPS) is 20.7. The second-order valence-electron chi connectivity index (χ2n) is 6.11. The van der Waals surface area contributed by atoms with Crippen molar-refractivity contribution in [2.45, 2.75) is 38.8 Å². The lowest BCUT2D eigenvalue weighted by Crippen LogP contribution is -2.37. The van der Waals surface area contributed by atoms with Gasteiger partial charge >= 0.3 is 0 Å². The zero-order valence-electron chi connectivity index (χ0n) is 13.7. The van der Waals surface area contributed by atoms with Crippen molar-refractivity contribution < 1.29 is 4.39 Å². The molecule has 0 radical (unpaired) electrons. The molecule has 1 aliphatic heterocycles. The average molecular weight is 293 g/mol. The van der Waals surface area contributed by atoms with Crippen LogP contribution in [0.2, 0.25) is 0 Å². The van der Waals surface area contributed by atoms with Gasteiger partial charge in [-0.25, -0.2) is 4.39 Å². The Morgan fingerprint density at radius 2 is 2.24 bits per heavy atom. The van der Waals surface area contributed by atoms with Crippen molar-refractivity contribution >= 4 is 5.69 Å². The van der Waals surface area contributed by atoms with Crippen LogP contribution in [0.1, 0.15) is 38.3 Å². The van der Waals surface area contributed by atoms with Gasteiger partial charge in [-0.05, 0) is 52.0 Å². The summed E-state index contributed by atoms with van der Waals surface area (Å²) >= 11 is 0. The van der Waals surface area contributed by atoms with E-state index in [4.69, 9.17) is 0 Å². The molecule has 0 bridgehead atoms. The van der Waals surface area contributed by atoms with Gasteiger partial charge < -0.3 is 15.1 Å². The van der Waals surface area contributed by atoms with Crippen LogP contribution < -0.4 is 10.2 Å². The largest absolute Gasteiger partial charge is 0.373 e. The van der Waals surface area contributed by atoms with Gasteiger partial charge in [0.15, 0.2) is 0 Å². The molecule has 1 aromatic carbocycles. The smallest absolute Gasteiger partial charge is 0.130 e. The number of benzene rings is 1. The molecule has 1 saturated heterocycles. The van der Waals surface area contributed by atoms with Gasteiger partial charge in [0.1, 0.15) is 5.82 Å². The van der Waals surface area contributed by atoms with E-state index in [-0.39, 0.29) is 11.9 Å². The summed E-state index contributed by atoms with van der Waals surface area (Å²) < 4.78 is 14.3. The molecule has 0 amide bonds. The van der Waals surface area contributed by atoms with Crippen LogP contribution >= 0.6 is 0 Å². The number of halogens is 1. The summed E-state index contributed by atoms with van der Waals surface area (Å²) in [6.45, 7) is 7.04. The Morgan fingerprint density at radius 1 is 1.48 bits per heavy atom. The lowest BCUT2D eigenvalue weighted by Gasteiger charge is -2.30. The highest BCUT2D eigenvalue weighted by Gasteiger charge is 2.24. The maximum Gasteiger partial charge on any atom is 0.130 e. The first-order valence-corrected chi connectivity index (χ1v) is 7.97. The van der Waals surface area contributed by atoms with E-state index in [0.29, 0.717) is 6.04 Å². The van der Waals surface area contributed by atoms with Gasteiger partial charge in [0.05, 0.1) is 0 Å². The fraction of sp³-hybridized carbons (Fsp3) is 0.647. The molecule has 0 spiro atoms. The van der Waals surface area contributed by atoms with Crippen molar-refractivity contribution in [3.63, 3.8) is 0 Å². The quantitative estimate of drug-likeness (QED) is 0.870. The van der Waals surface area contributed by atoms with Crippen molar-refractivity contribution in [2.75, 3.05) is 38.6 Å². The van der Waals surface area contributed by atoms with Gasteiger partial charge in [0.25, 0.3) is 0 Å². The van der Waals surface area contributed by atoms with Crippen molar-refractivity contribution in [3.8, 4) is 0 Å². The van der Waals surface area contributed by atoms with E-state index >= 15 is 0 Å². The lowest BCUT2D eigenvalue weighted by atomic mass is 10.0. The Hall–Kier alpha value is -1.13. The highest BCUT2D eigenvalue weighted by Crippen LogP contribution is 2.29. The van der Waals surface area contributed by atoms with Gasteiger partial charge in [-0.3, -0.25) is 0 Å². The molecule has 2 rings (SSSR count). The molecule has 1 aliphatic rings. The van der Waals surface area contributed by atoms with Crippen LogP contribution in [-0.4, -0.2) is 44.7 Å². The molecule has 1 aromatic rings. The van der Waals surface area contributed by atoms with Crippen molar-refractivity contribution in [2.24, 2.45) is 0 Å². The molecule has 118 valence electrons. The van der Waals surface area contributed by atoms with Crippen LogP contribution in [0.4, 0.5) is 10.1 Å². The maximum atomic E-state index is 14.3. The molecule has 1 fully saturated rings. The molecule has 2 atom stereocenters. The lowest BCUT2D eigenvalue weighted by molar-refractivity contribution is 0.314. The van der Waals surface area contributed by atoms with E-state index < -0.39 is 0 Å². The molecule has 2 unspecified atom stereocenters. The first-order valence-electron chi connectivity index (χ1n) is 7.97. The minimum Gasteiger partial charge on any atom is -0.373 e. The Bertz CT molecular complexity index is 463. The zero-order valence-corrected chi connectivity index (χ0v) is 13.7. The first kappa shape index (κ1) is 16.2. The second-order valence-corrected chi connectivity index (χ2v) is 6.11. The highest BCUT2D eigenvalue weighted by molar-refractivity contribution is 5.55. The SMILES string of the molecule is CCNC(C)c1c(F)cccc1N(C)CC1CCCN1C. The molecule has 4 heteroatoms. The van der Waals surface area contributed by atoms with E-state index in [1.165, 1.54) is 19.4 Å². The number of nitrogens with zero attached hydrogens (tertiary/aromatic N) is 2. The van der Waals surface area contributed by atoms with Gasteiger partial charge in [0.2, 0.25) is 0 Å². The monoisotopic (exact) mass is 293 g/mol. The van der Waals surface area contributed by atoms with Gasteiger partial charge in [-0.1, -0.05) is 13.0 Å². The average Bonchev–Trinajstić information content (AvgIpc) is 2.84. The topological polar surface area (TPSA) is 18.5 Å². The van der Waals surface area contributed by atoms with Gasteiger partial charge in [0, 0.05) is 36.9 Å². The van der Waals surface area contributed by atoms with Crippen LogP contribution in [0, 0.1) is 5.82 Å². The summed E-state index contributed by atoms with van der Waals surface area (Å²) in [7, 11) is 4.25. The predicted octanol–water partition coefficient (Wildman–Crippen LogP) is 3.03. The molecule has 0 saturated carbocycles. The summed E-state index contributed by atoms with van der Waals surface area (Å²) in [5.41, 5.74) is 1.78. The summed E-state index contributed by atoms with van der Waals surface area (Å²) in [5, 5.41) is 3.32. The Morgan fingerprint density at radius 3 is 2.86 bits per heavy atom. The van der Waals surface area contributed by atoms with Crippen molar-refractivity contribution in [3.05, 3.63) is 29.6 Å². The number of likely N-dealkylation sites (N-methyl/N-ethyl adjacent to an activating group) is 2. The van der Waals surface area contributed by atoms with Gasteiger partial charge in [-0.15, -0.1) is 0 Å². The predicted molar refractivity (Wildman–Crippen MR) is 87.4 cm³/mol. The molecule has 0 aliphatic carbocycles. The summed E-state index contributed by atoms with van der Waals surface area (Å²) in [6.07, 6.45) is 2.49. The minimum atomic E-state index is -0.118. The van der Waals surface area contributed by atoms with Crippen molar-refractivity contribution in [1.82, 2.24) is 10.2 Å². The maximum absolute atomic E-state index is 14.3. The highest BCUT2D eigenvalue weighted by atomic mass is 19.1. The number of hydrogen-bond donors (Lipinski definition) is 1. The van der Waals surface area contributed by atoms with Crippen LogP contribution in [0.15, 0.2) is 18.2 Å². The molecule has 1 N–H and O–H groups in total. The van der Waals surface area contributed by atoms with E-state index in [1.54, 1.807) is 6.07 Å². The number of anilines is 1. The van der Waals surface area contributed by atoms with Gasteiger partial charge in [-0.2, -0.15) is 0 Å². The number of rotatable bonds is 6. The van der Waals surface area contributed by atoms with Crippen LogP contribution in [0.25, 0.3) is 0 Å². The van der Waals surface area contributed by atoms with E-state index in [0.717, 1.165) is 24.3 Å². The zero-order chi connectivity index (χ0) is 15.4. The standard InChI is InChI=1S/C17H28FN3/c1-5-19-13(2)17-15(18)9-6-10-16(17)21(4)12-14-8-7-11-20(14)3/h6,9-10,13-14,19H,5,7-8,11-12H2,1-4H3. The van der Waals surface area contributed by atoms with E-state index in [1.807, 2.05) is 26.0 Å². The number of nitrogens with one attached hydrogen (secondary N) is 1. The first-order chi connectivity index (χ1) is 10.0. The van der Waals surface area contributed by atoms with Crippen molar-refractivity contribution in [1.29, 1.82) is 0 Å². The third-order valence-electron chi connectivity index (χ3n) is 4.54. The third kappa shape index (κ3) is 3.74. The third-order valence-corrected chi connectivity index (χ3v) is 4.54. The number of hydrogen-bond acceptors (Lipinski definition) is 3. The van der Waals surface area contributed by atoms with E-state index in [9.17, 15) is 4.39 Å². The van der Waals surface area contributed by atoms with Crippen LogP contribution in [0.5, 0.6) is 0 Å². The molecule has 3 nitrogen and oxygen atoms in total. The molecule has 21 heavy (non-hydrogen) atoms. The Labute approximate surface area is 128 Å². The molecule has 1 heterocycles. The summed E-state index contributed by atoms with van der Waals surface area (Å²) in [4.78, 5) is 4.61. The summed E-state index contributed by atoms with van der Waals surface area (Å²) in [6, 6.07) is 5.99. The van der Waals surface area contributed by atoms with E-state index in [2.05, 4.69) is 29.2 Å². The fourth-order valence-electron chi connectivity index (χ4n) is 3.32. The molecule has 0 aromatic heterocycles. The molecular weight excluding hydrogens is 265 g/mol. The summed E-state index contributed by atoms with van der Waals surface area (Å²) in [5.74, 6) is -0.118. The van der Waals surface area contributed by atoms with Crippen LogP contribution in [-0.2, 0) is 0 Å². The molecular formula is C17H28FN3. The second kappa shape index (κ2) is 7.23. The number of likely N-dealkylation sites (tertiary alicyclic amines) is 1. The van der Waals surface area contributed by atoms with Crippen LogP contribution in [0.3, 0.4) is 0 Å². The fourth-order valence-corrected chi connectivity index (χ4v) is 3.32. The Kier molecular flexibility index (Phi) is 5.59.